The Kier molecular flexibility index (Phi) is 5.21. The molecule has 1 rings (SSSR count). The van der Waals surface area contributed by atoms with E-state index in [1.807, 2.05) is 6.92 Å². The molecule has 0 amide bonds. The van der Waals surface area contributed by atoms with Gasteiger partial charge in [0.1, 0.15) is 17.4 Å². The summed E-state index contributed by atoms with van der Waals surface area (Å²) < 4.78 is 26.0. The summed E-state index contributed by atoms with van der Waals surface area (Å²) >= 11 is 0. The number of carbonyl (C=O) groups excluding carboxylic acids is 1. The summed E-state index contributed by atoms with van der Waals surface area (Å²) in [6.07, 6.45) is 1.51. The highest BCUT2D eigenvalue weighted by Crippen LogP contribution is 2.26. The first kappa shape index (κ1) is 15.8. The Labute approximate surface area is 114 Å². The van der Waals surface area contributed by atoms with Gasteiger partial charge in [-0.25, -0.2) is 8.78 Å². The predicted molar refractivity (Wildman–Crippen MR) is 72.9 cm³/mol. The van der Waals surface area contributed by atoms with Gasteiger partial charge in [0, 0.05) is 18.9 Å². The molecule has 1 aromatic carbocycles. The lowest BCUT2D eigenvalue weighted by Crippen LogP contribution is -2.15. The zero-order valence-electron chi connectivity index (χ0n) is 12.1. The summed E-state index contributed by atoms with van der Waals surface area (Å²) in [6.45, 7) is 8.44. The first-order chi connectivity index (χ1) is 8.65. The van der Waals surface area contributed by atoms with Gasteiger partial charge in [0.05, 0.1) is 0 Å². The molecule has 0 aliphatic heterocycles. The van der Waals surface area contributed by atoms with Crippen molar-refractivity contribution in [2.24, 2.45) is 11.3 Å². The lowest BCUT2D eigenvalue weighted by Gasteiger charge is -2.22. The summed E-state index contributed by atoms with van der Waals surface area (Å²) in [5.74, 6) is -0.955. The van der Waals surface area contributed by atoms with Gasteiger partial charge in [0.2, 0.25) is 0 Å². The first-order valence-electron chi connectivity index (χ1n) is 6.62. The Hall–Kier alpha value is -1.25. The Morgan fingerprint density at radius 2 is 1.68 bits per heavy atom. The number of hydrogen-bond donors (Lipinski definition) is 0. The molecule has 19 heavy (non-hydrogen) atoms. The minimum Gasteiger partial charge on any atom is -0.299 e. The van der Waals surface area contributed by atoms with Crippen LogP contribution in [0.2, 0.25) is 0 Å². The maximum absolute atomic E-state index is 13.0. The highest BCUT2D eigenvalue weighted by molar-refractivity contribution is 5.81. The van der Waals surface area contributed by atoms with Crippen LogP contribution in [0.15, 0.2) is 18.2 Å². The first-order valence-corrected chi connectivity index (χ1v) is 6.62. The van der Waals surface area contributed by atoms with E-state index in [9.17, 15) is 13.6 Å². The zero-order chi connectivity index (χ0) is 14.6. The standard InChI is InChI=1S/C16H22F2O/c1-11(10-16(2,3)4)5-15(19)8-12-6-13(17)9-14(18)7-12/h6-7,9,11H,5,8,10H2,1-4H3. The fourth-order valence-electron chi connectivity index (χ4n) is 2.52. The SMILES string of the molecule is CC(CC(=O)Cc1cc(F)cc(F)c1)CC(C)(C)C. The van der Waals surface area contributed by atoms with Crippen LogP contribution in [0.3, 0.4) is 0 Å². The minimum absolute atomic E-state index is 0.0294. The molecule has 3 heteroatoms. The predicted octanol–water partition coefficient (Wildman–Crippen LogP) is 4.54. The Balaban J connectivity index is 2.55. The third kappa shape index (κ3) is 6.46. The summed E-state index contributed by atoms with van der Waals surface area (Å²) in [6, 6.07) is 3.25. The van der Waals surface area contributed by atoms with Crippen molar-refractivity contribution in [3.05, 3.63) is 35.4 Å². The van der Waals surface area contributed by atoms with Crippen molar-refractivity contribution < 1.29 is 13.6 Å². The van der Waals surface area contributed by atoms with E-state index < -0.39 is 11.6 Å². The molecule has 0 heterocycles. The van der Waals surface area contributed by atoms with Crippen molar-refractivity contribution in [1.29, 1.82) is 0 Å². The van der Waals surface area contributed by atoms with Crippen molar-refractivity contribution in [2.45, 2.75) is 47.0 Å². The van der Waals surface area contributed by atoms with Crippen molar-refractivity contribution >= 4 is 5.78 Å². The van der Waals surface area contributed by atoms with Gasteiger partial charge >= 0.3 is 0 Å². The average molecular weight is 268 g/mol. The largest absolute Gasteiger partial charge is 0.299 e. The molecule has 1 unspecified atom stereocenters. The molecule has 1 nitrogen and oxygen atoms in total. The molecule has 0 fully saturated rings. The number of rotatable bonds is 5. The van der Waals surface area contributed by atoms with E-state index >= 15 is 0 Å². The number of carbonyl (C=O) groups is 1. The van der Waals surface area contributed by atoms with Gasteiger partial charge in [-0.3, -0.25) is 4.79 Å². The van der Waals surface area contributed by atoms with Crippen LogP contribution in [-0.2, 0) is 11.2 Å². The highest BCUT2D eigenvalue weighted by Gasteiger charge is 2.18. The maximum atomic E-state index is 13.0. The van der Waals surface area contributed by atoms with Gasteiger partial charge in [-0.15, -0.1) is 0 Å². The normalized spacial score (nSPS) is 13.4. The molecule has 1 atom stereocenters. The highest BCUT2D eigenvalue weighted by atomic mass is 19.1. The molecule has 0 radical (unpaired) electrons. The summed E-state index contributed by atoms with van der Waals surface area (Å²) in [5.41, 5.74) is 0.593. The molecule has 0 bridgehead atoms. The van der Waals surface area contributed by atoms with Crippen LogP contribution in [-0.4, -0.2) is 5.78 Å². The lowest BCUT2D eigenvalue weighted by atomic mass is 9.83. The van der Waals surface area contributed by atoms with Crippen molar-refractivity contribution in [1.82, 2.24) is 0 Å². The van der Waals surface area contributed by atoms with Crippen molar-refractivity contribution in [3.63, 3.8) is 0 Å². The second-order valence-corrected chi connectivity index (χ2v) is 6.57. The fourth-order valence-corrected chi connectivity index (χ4v) is 2.52. The Bertz CT molecular complexity index is 426. The lowest BCUT2D eigenvalue weighted by molar-refractivity contribution is -0.119. The van der Waals surface area contributed by atoms with Gasteiger partial charge in [0.15, 0.2) is 0 Å². The van der Waals surface area contributed by atoms with E-state index in [1.54, 1.807) is 0 Å². The Morgan fingerprint density at radius 3 is 2.16 bits per heavy atom. The molecule has 0 aliphatic rings. The smallest absolute Gasteiger partial charge is 0.137 e. The van der Waals surface area contributed by atoms with Gasteiger partial charge in [-0.2, -0.15) is 0 Å². The van der Waals surface area contributed by atoms with Crippen LogP contribution in [0.1, 0.15) is 46.1 Å². The summed E-state index contributed by atoms with van der Waals surface area (Å²) in [5, 5.41) is 0. The van der Waals surface area contributed by atoms with Crippen LogP contribution in [0.5, 0.6) is 0 Å². The molecule has 0 saturated heterocycles. The van der Waals surface area contributed by atoms with Crippen LogP contribution in [0.4, 0.5) is 8.78 Å². The van der Waals surface area contributed by atoms with E-state index in [4.69, 9.17) is 0 Å². The molecule has 106 valence electrons. The maximum Gasteiger partial charge on any atom is 0.137 e. The van der Waals surface area contributed by atoms with Crippen LogP contribution in [0, 0.1) is 23.0 Å². The van der Waals surface area contributed by atoms with Gasteiger partial charge in [0.25, 0.3) is 0 Å². The van der Waals surface area contributed by atoms with Crippen molar-refractivity contribution in [2.75, 3.05) is 0 Å². The van der Waals surface area contributed by atoms with E-state index in [0.717, 1.165) is 12.5 Å². The van der Waals surface area contributed by atoms with E-state index in [0.29, 0.717) is 12.0 Å². The van der Waals surface area contributed by atoms with E-state index in [-0.39, 0.29) is 23.5 Å². The molecule has 0 aromatic heterocycles. The van der Waals surface area contributed by atoms with Crippen LogP contribution >= 0.6 is 0 Å². The third-order valence-electron chi connectivity index (χ3n) is 2.86. The number of ketones is 1. The third-order valence-corrected chi connectivity index (χ3v) is 2.86. The number of Topliss-reactive ketones (excluding diaryl/α,β-unsaturated/α-hetero) is 1. The molecule has 0 aliphatic carbocycles. The monoisotopic (exact) mass is 268 g/mol. The van der Waals surface area contributed by atoms with E-state index in [2.05, 4.69) is 20.8 Å². The zero-order valence-corrected chi connectivity index (χ0v) is 12.1. The minimum atomic E-state index is -0.634. The molecule has 0 spiro atoms. The van der Waals surface area contributed by atoms with Crippen LogP contribution in [0.25, 0.3) is 0 Å². The average Bonchev–Trinajstić information content (AvgIpc) is 2.10. The van der Waals surface area contributed by atoms with Gasteiger partial charge in [-0.1, -0.05) is 27.7 Å². The number of halogens is 2. The van der Waals surface area contributed by atoms with Gasteiger partial charge < -0.3 is 0 Å². The summed E-state index contributed by atoms with van der Waals surface area (Å²) in [4.78, 5) is 11.9. The van der Waals surface area contributed by atoms with Gasteiger partial charge in [-0.05, 0) is 35.4 Å². The topological polar surface area (TPSA) is 17.1 Å². The second-order valence-electron chi connectivity index (χ2n) is 6.57. The Morgan fingerprint density at radius 1 is 1.16 bits per heavy atom. The fraction of sp³-hybridized carbons (Fsp3) is 0.562. The quantitative estimate of drug-likeness (QED) is 0.766. The van der Waals surface area contributed by atoms with E-state index in [1.165, 1.54) is 12.1 Å². The number of hydrogen-bond acceptors (Lipinski definition) is 1. The van der Waals surface area contributed by atoms with Crippen LogP contribution < -0.4 is 0 Å². The number of benzene rings is 1. The molecule has 0 saturated carbocycles. The molecule has 1 aromatic rings. The summed E-state index contributed by atoms with van der Waals surface area (Å²) in [7, 11) is 0. The molecular weight excluding hydrogens is 246 g/mol. The van der Waals surface area contributed by atoms with Crippen molar-refractivity contribution in [3.8, 4) is 0 Å². The molecule has 0 N–H and O–H groups in total. The second kappa shape index (κ2) is 6.27. The molecular formula is C16H22F2O.